The third-order valence-corrected chi connectivity index (χ3v) is 7.41. The lowest BCUT2D eigenvalue weighted by molar-refractivity contribution is 0.0752. The van der Waals surface area contributed by atoms with E-state index in [1.807, 2.05) is 19.1 Å². The number of thiophene rings is 1. The fourth-order valence-corrected chi connectivity index (χ4v) is 5.06. The summed E-state index contributed by atoms with van der Waals surface area (Å²) in [6.07, 6.45) is 0. The molecule has 0 spiro atoms. The highest BCUT2D eigenvalue weighted by Crippen LogP contribution is 2.28. The third-order valence-electron chi connectivity index (χ3n) is 4.63. The van der Waals surface area contributed by atoms with E-state index >= 15 is 0 Å². The summed E-state index contributed by atoms with van der Waals surface area (Å²) in [6.45, 7) is 2.82. The number of methoxy groups -OCH3 is 2. The molecule has 1 aromatic heterocycles. The van der Waals surface area contributed by atoms with Crippen LogP contribution in [0.2, 0.25) is 0 Å². The number of nitrogens with zero attached hydrogens (tertiary/aromatic N) is 1. The smallest absolute Gasteiger partial charge is 0.271 e. The van der Waals surface area contributed by atoms with Gasteiger partial charge in [0, 0.05) is 24.3 Å². The average molecular weight is 461 g/mol. The second-order valence-corrected chi connectivity index (χ2v) is 9.48. The Kier molecular flexibility index (Phi) is 7.19. The van der Waals surface area contributed by atoms with Crippen LogP contribution in [-0.4, -0.2) is 40.0 Å². The highest BCUT2D eigenvalue weighted by Gasteiger charge is 2.18. The van der Waals surface area contributed by atoms with Gasteiger partial charge in [0.2, 0.25) is 0 Å². The quantitative estimate of drug-likeness (QED) is 0.517. The molecule has 0 saturated heterocycles. The zero-order valence-electron chi connectivity index (χ0n) is 17.5. The number of amides is 1. The lowest BCUT2D eigenvalue weighted by atomic mass is 10.1. The van der Waals surface area contributed by atoms with Gasteiger partial charge in [0.1, 0.15) is 4.21 Å². The number of carbonyl (C=O) groups is 1. The summed E-state index contributed by atoms with van der Waals surface area (Å²) in [4.78, 5) is 14.7. The van der Waals surface area contributed by atoms with Crippen LogP contribution in [0.3, 0.4) is 0 Å². The van der Waals surface area contributed by atoms with Gasteiger partial charge < -0.3 is 14.4 Å². The fourth-order valence-electron chi connectivity index (χ4n) is 3.01. The van der Waals surface area contributed by atoms with Gasteiger partial charge in [-0.1, -0.05) is 12.1 Å². The molecule has 0 radical (unpaired) electrons. The number of hydrogen-bond donors (Lipinski definition) is 1. The first-order chi connectivity index (χ1) is 14.9. The number of sulfonamides is 1. The van der Waals surface area contributed by atoms with Crippen LogP contribution in [0.5, 0.6) is 11.5 Å². The molecule has 0 saturated carbocycles. The molecule has 164 valence electrons. The number of nitrogens with one attached hydrogen (secondary N) is 1. The van der Waals surface area contributed by atoms with Crippen molar-refractivity contribution < 1.29 is 22.7 Å². The molecule has 0 aliphatic carbocycles. The Morgan fingerprint density at radius 3 is 2.32 bits per heavy atom. The predicted octanol–water partition coefficient (Wildman–Crippen LogP) is 4.23. The van der Waals surface area contributed by atoms with Crippen molar-refractivity contribution in [3.05, 3.63) is 71.1 Å². The number of hydrogen-bond acceptors (Lipinski definition) is 6. The normalized spacial score (nSPS) is 11.1. The van der Waals surface area contributed by atoms with Crippen LogP contribution in [0.25, 0.3) is 0 Å². The molecule has 0 bridgehead atoms. The first-order valence-electron chi connectivity index (χ1n) is 9.54. The molecule has 0 atom stereocenters. The molecule has 2 aromatic carbocycles. The molecule has 3 rings (SSSR count). The zero-order chi connectivity index (χ0) is 22.4. The van der Waals surface area contributed by atoms with Crippen molar-refractivity contribution in [3.63, 3.8) is 0 Å². The molecule has 9 heteroatoms. The number of benzene rings is 2. The molecule has 1 N–H and O–H groups in total. The van der Waals surface area contributed by atoms with E-state index in [4.69, 9.17) is 9.47 Å². The van der Waals surface area contributed by atoms with Gasteiger partial charge in [-0.25, -0.2) is 8.42 Å². The minimum absolute atomic E-state index is 0.148. The summed E-state index contributed by atoms with van der Waals surface area (Å²) in [5.41, 5.74) is 1.78. The van der Waals surface area contributed by atoms with Crippen LogP contribution >= 0.6 is 11.3 Å². The monoisotopic (exact) mass is 460 g/mol. The van der Waals surface area contributed by atoms with E-state index in [1.165, 1.54) is 6.07 Å². The van der Waals surface area contributed by atoms with E-state index in [2.05, 4.69) is 4.72 Å². The van der Waals surface area contributed by atoms with Crippen LogP contribution in [0.4, 0.5) is 5.69 Å². The maximum Gasteiger partial charge on any atom is 0.271 e. The van der Waals surface area contributed by atoms with E-state index in [-0.39, 0.29) is 10.1 Å². The third kappa shape index (κ3) is 5.36. The second-order valence-electron chi connectivity index (χ2n) is 6.62. The summed E-state index contributed by atoms with van der Waals surface area (Å²) in [6, 6.07) is 15.2. The average Bonchev–Trinajstić information content (AvgIpc) is 3.33. The summed E-state index contributed by atoms with van der Waals surface area (Å²) < 4.78 is 38.0. The largest absolute Gasteiger partial charge is 0.493 e. The van der Waals surface area contributed by atoms with Crippen LogP contribution in [0.1, 0.15) is 22.8 Å². The van der Waals surface area contributed by atoms with E-state index in [9.17, 15) is 13.2 Å². The Bertz CT molecular complexity index is 1130. The standard InChI is InChI=1S/C22H24N2O5S2/c1-4-24(15-16-7-12-19(28-2)20(14-16)29-3)22(25)17-8-10-18(11-9-17)23-31(26,27)21-6-5-13-30-21/h5-14,23H,4,15H2,1-3H3. The molecule has 1 heterocycles. The maximum atomic E-state index is 13.0. The van der Waals surface area contributed by atoms with E-state index in [0.29, 0.717) is 35.8 Å². The topological polar surface area (TPSA) is 84.9 Å². The van der Waals surface area contributed by atoms with Crippen molar-refractivity contribution in [1.29, 1.82) is 0 Å². The fraction of sp³-hybridized carbons (Fsp3) is 0.227. The lowest BCUT2D eigenvalue weighted by Crippen LogP contribution is -2.30. The number of rotatable bonds is 9. The molecule has 7 nitrogen and oxygen atoms in total. The zero-order valence-corrected chi connectivity index (χ0v) is 19.1. The van der Waals surface area contributed by atoms with Gasteiger partial charge >= 0.3 is 0 Å². The Hall–Kier alpha value is -3.04. The van der Waals surface area contributed by atoms with Crippen molar-refractivity contribution in [2.75, 3.05) is 25.5 Å². The Morgan fingerprint density at radius 1 is 1.03 bits per heavy atom. The molecular formula is C22H24N2O5S2. The van der Waals surface area contributed by atoms with Crippen molar-refractivity contribution in [2.24, 2.45) is 0 Å². The van der Waals surface area contributed by atoms with E-state index < -0.39 is 10.0 Å². The van der Waals surface area contributed by atoms with Gasteiger partial charge in [0.15, 0.2) is 11.5 Å². The molecule has 3 aromatic rings. The van der Waals surface area contributed by atoms with Gasteiger partial charge in [-0.2, -0.15) is 0 Å². The molecule has 0 aliphatic rings. The second kappa shape index (κ2) is 9.84. The van der Waals surface area contributed by atoms with Gasteiger partial charge in [-0.3, -0.25) is 9.52 Å². The number of anilines is 1. The van der Waals surface area contributed by atoms with Crippen LogP contribution in [-0.2, 0) is 16.6 Å². The van der Waals surface area contributed by atoms with Gasteiger partial charge in [-0.15, -0.1) is 11.3 Å². The Morgan fingerprint density at radius 2 is 1.74 bits per heavy atom. The molecule has 0 aliphatic heterocycles. The minimum atomic E-state index is -3.63. The number of ether oxygens (including phenoxy) is 2. The number of carbonyl (C=O) groups excluding carboxylic acids is 1. The summed E-state index contributed by atoms with van der Waals surface area (Å²) >= 11 is 1.14. The summed E-state index contributed by atoms with van der Waals surface area (Å²) in [5.74, 6) is 1.08. The van der Waals surface area contributed by atoms with E-state index in [1.54, 1.807) is 60.9 Å². The molecule has 0 fully saturated rings. The van der Waals surface area contributed by atoms with Gasteiger partial charge in [-0.05, 0) is 60.3 Å². The Balaban J connectivity index is 1.72. The van der Waals surface area contributed by atoms with Crippen molar-refractivity contribution in [1.82, 2.24) is 4.90 Å². The Labute approximate surface area is 186 Å². The molecule has 1 amide bonds. The minimum Gasteiger partial charge on any atom is -0.493 e. The first-order valence-corrected chi connectivity index (χ1v) is 11.9. The molecule has 0 unspecified atom stereocenters. The van der Waals surface area contributed by atoms with E-state index in [0.717, 1.165) is 16.9 Å². The van der Waals surface area contributed by atoms with Gasteiger partial charge in [0.25, 0.3) is 15.9 Å². The molecular weight excluding hydrogens is 436 g/mol. The van der Waals surface area contributed by atoms with Crippen molar-refractivity contribution >= 4 is 33.0 Å². The highest BCUT2D eigenvalue weighted by molar-refractivity contribution is 7.94. The predicted molar refractivity (Wildman–Crippen MR) is 122 cm³/mol. The SMILES string of the molecule is CCN(Cc1ccc(OC)c(OC)c1)C(=O)c1ccc(NS(=O)(=O)c2cccs2)cc1. The van der Waals surface area contributed by atoms with Crippen LogP contribution < -0.4 is 14.2 Å². The summed E-state index contributed by atoms with van der Waals surface area (Å²) in [7, 11) is -0.485. The lowest BCUT2D eigenvalue weighted by Gasteiger charge is -2.22. The van der Waals surface area contributed by atoms with Crippen molar-refractivity contribution in [2.45, 2.75) is 17.7 Å². The molecule has 31 heavy (non-hydrogen) atoms. The first kappa shape index (κ1) is 22.6. The van der Waals surface area contributed by atoms with Crippen LogP contribution in [0, 0.1) is 0 Å². The van der Waals surface area contributed by atoms with Crippen molar-refractivity contribution in [3.8, 4) is 11.5 Å². The van der Waals surface area contributed by atoms with Crippen LogP contribution in [0.15, 0.2) is 64.2 Å². The highest BCUT2D eigenvalue weighted by atomic mass is 32.2. The summed E-state index contributed by atoms with van der Waals surface area (Å²) in [5, 5.41) is 1.70. The van der Waals surface area contributed by atoms with Gasteiger partial charge in [0.05, 0.1) is 14.2 Å². The maximum absolute atomic E-state index is 13.0.